The number of allylic oxidation sites excluding steroid dienone is 2. The lowest BCUT2D eigenvalue weighted by Gasteiger charge is -1.74. The molecule has 0 aliphatic carbocycles. The molecule has 0 spiro atoms. The minimum Gasteiger partial charge on any atom is -0.392 e. The quantitative estimate of drug-likeness (QED) is 0.510. The molecule has 8 heavy (non-hydrogen) atoms. The van der Waals surface area contributed by atoms with E-state index in [1.165, 1.54) is 0 Å². The van der Waals surface area contributed by atoms with Gasteiger partial charge in [0.1, 0.15) is 0 Å². The van der Waals surface area contributed by atoms with Gasteiger partial charge in [0.05, 0.1) is 13.2 Å². The standard InChI is InChI=1S/C6H10O2/c7-5-3-1-2-4-6-8/h1-4,7-8H,5-6H2/b3-1+,4-2+. The smallest absolute Gasteiger partial charge is 0.0615 e. The number of rotatable bonds is 3. The number of aliphatic hydroxyl groups is 2. The minimum absolute atomic E-state index is 0.0514. The first-order chi connectivity index (χ1) is 3.91. The fourth-order valence-electron chi connectivity index (χ4n) is 0.279. The summed E-state index contributed by atoms with van der Waals surface area (Å²) in [6, 6.07) is 0. The molecule has 0 fully saturated rings. The Bertz CT molecular complexity index is 72.5. The normalized spacial score (nSPS) is 11.8. The van der Waals surface area contributed by atoms with Gasteiger partial charge in [0.25, 0.3) is 0 Å². The van der Waals surface area contributed by atoms with Crippen molar-refractivity contribution in [2.24, 2.45) is 0 Å². The maximum absolute atomic E-state index is 8.18. The summed E-state index contributed by atoms with van der Waals surface area (Å²) in [6.45, 7) is 0.103. The highest BCUT2D eigenvalue weighted by Gasteiger charge is 1.62. The van der Waals surface area contributed by atoms with E-state index in [0.717, 1.165) is 0 Å². The molecule has 2 heteroatoms. The molecule has 2 N–H and O–H groups in total. The Hall–Kier alpha value is -0.600. The van der Waals surface area contributed by atoms with Crippen molar-refractivity contribution in [1.82, 2.24) is 0 Å². The second-order valence-electron chi connectivity index (χ2n) is 1.22. The van der Waals surface area contributed by atoms with Crippen molar-refractivity contribution < 1.29 is 10.2 Å². The van der Waals surface area contributed by atoms with Crippen LogP contribution in [0.3, 0.4) is 0 Å². The van der Waals surface area contributed by atoms with Crippen LogP contribution in [0.5, 0.6) is 0 Å². The van der Waals surface area contributed by atoms with E-state index in [-0.39, 0.29) is 13.2 Å². The molecular formula is C6H10O2. The number of hydrogen-bond acceptors (Lipinski definition) is 2. The van der Waals surface area contributed by atoms with E-state index < -0.39 is 0 Å². The van der Waals surface area contributed by atoms with Crippen molar-refractivity contribution in [1.29, 1.82) is 0 Å². The van der Waals surface area contributed by atoms with Crippen LogP contribution >= 0.6 is 0 Å². The highest BCUT2D eigenvalue weighted by atomic mass is 16.3. The molecule has 0 amide bonds. The van der Waals surface area contributed by atoms with E-state index in [1.807, 2.05) is 0 Å². The van der Waals surface area contributed by atoms with Gasteiger partial charge in [-0.2, -0.15) is 0 Å². The average molecular weight is 114 g/mol. The molecule has 2 nitrogen and oxygen atoms in total. The van der Waals surface area contributed by atoms with Gasteiger partial charge < -0.3 is 10.2 Å². The van der Waals surface area contributed by atoms with Crippen LogP contribution in [0, 0.1) is 0 Å². The molecule has 0 aromatic heterocycles. The zero-order valence-electron chi connectivity index (χ0n) is 4.62. The molecule has 0 atom stereocenters. The Morgan fingerprint density at radius 3 is 1.50 bits per heavy atom. The van der Waals surface area contributed by atoms with Crippen LogP contribution < -0.4 is 0 Å². The van der Waals surface area contributed by atoms with E-state index in [2.05, 4.69) is 0 Å². The molecule has 0 bridgehead atoms. The lowest BCUT2D eigenvalue weighted by molar-refractivity contribution is 0.341. The van der Waals surface area contributed by atoms with Gasteiger partial charge in [-0.25, -0.2) is 0 Å². The second-order valence-corrected chi connectivity index (χ2v) is 1.22. The first-order valence-electron chi connectivity index (χ1n) is 2.45. The van der Waals surface area contributed by atoms with E-state index in [9.17, 15) is 0 Å². The average Bonchev–Trinajstić information content (AvgIpc) is 1.81. The molecule has 0 saturated heterocycles. The second kappa shape index (κ2) is 6.40. The van der Waals surface area contributed by atoms with E-state index >= 15 is 0 Å². The minimum atomic E-state index is 0.0514. The van der Waals surface area contributed by atoms with Gasteiger partial charge in [0, 0.05) is 0 Å². The first kappa shape index (κ1) is 7.40. The van der Waals surface area contributed by atoms with E-state index in [4.69, 9.17) is 10.2 Å². The molecule has 46 valence electrons. The van der Waals surface area contributed by atoms with Crippen molar-refractivity contribution >= 4 is 0 Å². The van der Waals surface area contributed by atoms with Gasteiger partial charge >= 0.3 is 0 Å². The van der Waals surface area contributed by atoms with Crippen LogP contribution in [-0.4, -0.2) is 23.4 Å². The Labute approximate surface area is 48.8 Å². The third-order valence-corrected chi connectivity index (χ3v) is 0.594. The topological polar surface area (TPSA) is 40.5 Å². The number of hydrogen-bond donors (Lipinski definition) is 2. The van der Waals surface area contributed by atoms with Crippen molar-refractivity contribution in [2.75, 3.05) is 13.2 Å². The summed E-state index contributed by atoms with van der Waals surface area (Å²) in [4.78, 5) is 0. The summed E-state index contributed by atoms with van der Waals surface area (Å²) in [7, 11) is 0. The van der Waals surface area contributed by atoms with Crippen molar-refractivity contribution in [3.8, 4) is 0 Å². The fourth-order valence-corrected chi connectivity index (χ4v) is 0.279. The molecular weight excluding hydrogens is 104 g/mol. The Morgan fingerprint density at radius 1 is 0.875 bits per heavy atom. The van der Waals surface area contributed by atoms with Crippen LogP contribution in [-0.2, 0) is 0 Å². The summed E-state index contributed by atoms with van der Waals surface area (Å²) >= 11 is 0. The van der Waals surface area contributed by atoms with Gasteiger partial charge in [-0.3, -0.25) is 0 Å². The summed E-state index contributed by atoms with van der Waals surface area (Å²) in [6.07, 6.45) is 6.53. The van der Waals surface area contributed by atoms with Crippen LogP contribution in [0.1, 0.15) is 0 Å². The van der Waals surface area contributed by atoms with Crippen molar-refractivity contribution in [2.45, 2.75) is 0 Å². The Morgan fingerprint density at radius 2 is 1.25 bits per heavy atom. The fraction of sp³-hybridized carbons (Fsp3) is 0.333. The zero-order chi connectivity index (χ0) is 6.24. The van der Waals surface area contributed by atoms with E-state index in [0.29, 0.717) is 0 Å². The monoisotopic (exact) mass is 114 g/mol. The van der Waals surface area contributed by atoms with Gasteiger partial charge in [-0.05, 0) is 0 Å². The molecule has 0 saturated carbocycles. The summed E-state index contributed by atoms with van der Waals surface area (Å²) < 4.78 is 0. The third kappa shape index (κ3) is 5.40. The van der Waals surface area contributed by atoms with Gasteiger partial charge in [0.2, 0.25) is 0 Å². The van der Waals surface area contributed by atoms with Crippen LogP contribution in [0.2, 0.25) is 0 Å². The predicted molar refractivity (Wildman–Crippen MR) is 32.5 cm³/mol. The summed E-state index contributed by atoms with van der Waals surface area (Å²) in [5.74, 6) is 0. The molecule has 0 aliphatic rings. The van der Waals surface area contributed by atoms with E-state index in [1.54, 1.807) is 24.3 Å². The van der Waals surface area contributed by atoms with Gasteiger partial charge in [-0.1, -0.05) is 24.3 Å². The van der Waals surface area contributed by atoms with Crippen molar-refractivity contribution in [3.63, 3.8) is 0 Å². The van der Waals surface area contributed by atoms with Gasteiger partial charge in [0.15, 0.2) is 0 Å². The molecule has 0 radical (unpaired) electrons. The van der Waals surface area contributed by atoms with Crippen LogP contribution in [0.25, 0.3) is 0 Å². The SMILES string of the molecule is OC/C=C/C=C/CO. The predicted octanol–water partition coefficient (Wildman–Crippen LogP) is 0.0834. The maximum Gasteiger partial charge on any atom is 0.0615 e. The Kier molecular flexibility index (Phi) is 5.92. The van der Waals surface area contributed by atoms with Crippen LogP contribution in [0.15, 0.2) is 24.3 Å². The Balaban J connectivity index is 3.13. The maximum atomic E-state index is 8.18. The van der Waals surface area contributed by atoms with Crippen molar-refractivity contribution in [3.05, 3.63) is 24.3 Å². The largest absolute Gasteiger partial charge is 0.392 e. The lowest BCUT2D eigenvalue weighted by atomic mass is 10.4. The molecule has 0 rings (SSSR count). The van der Waals surface area contributed by atoms with Gasteiger partial charge in [-0.15, -0.1) is 0 Å². The summed E-state index contributed by atoms with van der Waals surface area (Å²) in [5.41, 5.74) is 0. The lowest BCUT2D eigenvalue weighted by Crippen LogP contribution is -1.70. The molecule has 0 aliphatic heterocycles. The molecule has 0 unspecified atom stereocenters. The molecule has 0 aromatic rings. The highest BCUT2D eigenvalue weighted by molar-refractivity contribution is 5.01. The molecule has 0 heterocycles. The van der Waals surface area contributed by atoms with Crippen LogP contribution in [0.4, 0.5) is 0 Å². The molecule has 0 aromatic carbocycles. The number of aliphatic hydroxyl groups excluding tert-OH is 2. The highest BCUT2D eigenvalue weighted by Crippen LogP contribution is 1.73. The summed E-state index contributed by atoms with van der Waals surface area (Å²) in [5, 5.41) is 16.4. The third-order valence-electron chi connectivity index (χ3n) is 0.594. The first-order valence-corrected chi connectivity index (χ1v) is 2.45. The zero-order valence-corrected chi connectivity index (χ0v) is 4.62.